The Balaban J connectivity index is 3.18. The number of hydrogen-bond acceptors (Lipinski definition) is 3. The number of anilines is 1. The number of hydrogen-bond donors (Lipinski definition) is 1. The van der Waals surface area contributed by atoms with E-state index in [0.29, 0.717) is 17.9 Å². The molecule has 0 fully saturated rings. The highest BCUT2D eigenvalue weighted by atomic mass is 16.5. The SMILES string of the molecule is CCC(=O)Oc1c(C)cc(C)c(N)c1C. The lowest BCUT2D eigenvalue weighted by atomic mass is 10.0. The largest absolute Gasteiger partial charge is 0.426 e. The van der Waals surface area contributed by atoms with Crippen LogP contribution in [-0.2, 0) is 4.79 Å². The number of nitrogen functional groups attached to an aromatic ring is 1. The fourth-order valence-corrected chi connectivity index (χ4v) is 1.52. The van der Waals surface area contributed by atoms with Crippen LogP contribution in [0, 0.1) is 20.8 Å². The third-order valence-corrected chi connectivity index (χ3v) is 2.47. The number of ether oxygens (including phenoxy) is 1. The van der Waals surface area contributed by atoms with E-state index < -0.39 is 0 Å². The molecular formula is C12H17NO2. The van der Waals surface area contributed by atoms with Gasteiger partial charge >= 0.3 is 5.97 Å². The molecule has 0 radical (unpaired) electrons. The van der Waals surface area contributed by atoms with Gasteiger partial charge in [-0.2, -0.15) is 0 Å². The van der Waals surface area contributed by atoms with E-state index in [9.17, 15) is 4.79 Å². The first-order valence-corrected chi connectivity index (χ1v) is 5.04. The molecule has 0 saturated heterocycles. The van der Waals surface area contributed by atoms with Crippen molar-refractivity contribution in [1.82, 2.24) is 0 Å². The summed E-state index contributed by atoms with van der Waals surface area (Å²) in [6, 6.07) is 1.93. The second kappa shape index (κ2) is 4.34. The van der Waals surface area contributed by atoms with Crippen LogP contribution in [0.25, 0.3) is 0 Å². The highest BCUT2D eigenvalue weighted by Gasteiger charge is 2.12. The van der Waals surface area contributed by atoms with Crippen LogP contribution < -0.4 is 10.5 Å². The summed E-state index contributed by atoms with van der Waals surface area (Å²) >= 11 is 0. The van der Waals surface area contributed by atoms with Crippen molar-refractivity contribution in [3.63, 3.8) is 0 Å². The summed E-state index contributed by atoms with van der Waals surface area (Å²) in [5.41, 5.74) is 9.37. The average Bonchev–Trinajstić information content (AvgIpc) is 2.21. The van der Waals surface area contributed by atoms with E-state index in [1.165, 1.54) is 0 Å². The van der Waals surface area contributed by atoms with Gasteiger partial charge in [0.1, 0.15) is 5.75 Å². The Kier molecular flexibility index (Phi) is 3.35. The van der Waals surface area contributed by atoms with Gasteiger partial charge in [0.2, 0.25) is 0 Å². The van der Waals surface area contributed by atoms with Crippen molar-refractivity contribution < 1.29 is 9.53 Å². The van der Waals surface area contributed by atoms with Crippen molar-refractivity contribution in [3.05, 3.63) is 22.8 Å². The number of benzene rings is 1. The molecule has 3 heteroatoms. The normalized spacial score (nSPS) is 10.1. The molecule has 0 aliphatic heterocycles. The highest BCUT2D eigenvalue weighted by Crippen LogP contribution is 2.30. The van der Waals surface area contributed by atoms with Crippen LogP contribution in [0.5, 0.6) is 5.75 Å². The van der Waals surface area contributed by atoms with E-state index in [1.807, 2.05) is 26.8 Å². The van der Waals surface area contributed by atoms with Gasteiger partial charge in [0.15, 0.2) is 0 Å². The van der Waals surface area contributed by atoms with Crippen molar-refractivity contribution in [3.8, 4) is 5.75 Å². The Morgan fingerprint density at radius 2 is 1.93 bits per heavy atom. The molecule has 15 heavy (non-hydrogen) atoms. The van der Waals surface area contributed by atoms with Gasteiger partial charge < -0.3 is 10.5 Å². The van der Waals surface area contributed by atoms with Gasteiger partial charge in [-0.25, -0.2) is 0 Å². The van der Waals surface area contributed by atoms with E-state index in [1.54, 1.807) is 6.92 Å². The van der Waals surface area contributed by atoms with Crippen LogP contribution in [0.3, 0.4) is 0 Å². The number of rotatable bonds is 2. The van der Waals surface area contributed by atoms with Gasteiger partial charge in [0, 0.05) is 17.7 Å². The third kappa shape index (κ3) is 2.29. The fourth-order valence-electron chi connectivity index (χ4n) is 1.52. The highest BCUT2D eigenvalue weighted by molar-refractivity contribution is 5.74. The minimum absolute atomic E-state index is 0.232. The molecule has 1 aromatic rings. The van der Waals surface area contributed by atoms with Gasteiger partial charge in [-0.15, -0.1) is 0 Å². The topological polar surface area (TPSA) is 52.3 Å². The Morgan fingerprint density at radius 1 is 1.33 bits per heavy atom. The van der Waals surface area contributed by atoms with Crippen molar-refractivity contribution in [1.29, 1.82) is 0 Å². The average molecular weight is 207 g/mol. The molecule has 0 atom stereocenters. The molecule has 2 N–H and O–H groups in total. The Morgan fingerprint density at radius 3 is 2.47 bits per heavy atom. The summed E-state index contributed by atoms with van der Waals surface area (Å²) < 4.78 is 5.24. The summed E-state index contributed by atoms with van der Waals surface area (Å²) in [4.78, 5) is 11.2. The van der Waals surface area contributed by atoms with E-state index in [0.717, 1.165) is 16.7 Å². The number of carbonyl (C=O) groups is 1. The summed E-state index contributed by atoms with van der Waals surface area (Å²) in [5, 5.41) is 0. The van der Waals surface area contributed by atoms with Crippen LogP contribution in [0.4, 0.5) is 5.69 Å². The molecule has 0 spiro atoms. The van der Waals surface area contributed by atoms with Crippen molar-refractivity contribution in [2.45, 2.75) is 34.1 Å². The van der Waals surface area contributed by atoms with Gasteiger partial charge in [-0.3, -0.25) is 4.79 Å². The molecule has 1 aromatic carbocycles. The zero-order valence-electron chi connectivity index (χ0n) is 9.68. The summed E-state index contributed by atoms with van der Waals surface area (Å²) in [6.45, 7) is 7.50. The van der Waals surface area contributed by atoms with Crippen LogP contribution in [-0.4, -0.2) is 5.97 Å². The van der Waals surface area contributed by atoms with Crippen molar-refractivity contribution in [2.24, 2.45) is 0 Å². The molecule has 0 aliphatic carbocycles. The first-order valence-electron chi connectivity index (χ1n) is 5.04. The zero-order chi connectivity index (χ0) is 11.6. The standard InChI is InChI=1S/C12H17NO2/c1-5-10(14)15-12-8(3)6-7(2)11(13)9(12)4/h6H,5,13H2,1-4H3. The molecular weight excluding hydrogens is 190 g/mol. The summed E-state index contributed by atoms with van der Waals surface area (Å²) in [6.07, 6.45) is 0.368. The maximum atomic E-state index is 11.2. The molecule has 0 aliphatic rings. The lowest BCUT2D eigenvalue weighted by molar-refractivity contribution is -0.134. The smallest absolute Gasteiger partial charge is 0.310 e. The maximum absolute atomic E-state index is 11.2. The minimum atomic E-state index is -0.232. The Hall–Kier alpha value is -1.51. The lowest BCUT2D eigenvalue weighted by Crippen LogP contribution is -2.09. The van der Waals surface area contributed by atoms with Crippen molar-refractivity contribution >= 4 is 11.7 Å². The number of esters is 1. The number of aryl methyl sites for hydroxylation is 2. The maximum Gasteiger partial charge on any atom is 0.310 e. The predicted octanol–water partition coefficient (Wildman–Crippen LogP) is 2.51. The van der Waals surface area contributed by atoms with Gasteiger partial charge in [-0.1, -0.05) is 13.0 Å². The molecule has 82 valence electrons. The number of nitrogens with two attached hydrogens (primary N) is 1. The van der Waals surface area contributed by atoms with E-state index >= 15 is 0 Å². The zero-order valence-corrected chi connectivity index (χ0v) is 9.68. The van der Waals surface area contributed by atoms with E-state index in [2.05, 4.69) is 0 Å². The quantitative estimate of drug-likeness (QED) is 0.460. The minimum Gasteiger partial charge on any atom is -0.426 e. The predicted molar refractivity (Wildman–Crippen MR) is 61.0 cm³/mol. The molecule has 0 saturated carbocycles. The third-order valence-electron chi connectivity index (χ3n) is 2.47. The first kappa shape index (κ1) is 11.6. The van der Waals surface area contributed by atoms with E-state index in [4.69, 9.17) is 10.5 Å². The molecule has 0 heterocycles. The molecule has 3 nitrogen and oxygen atoms in total. The van der Waals surface area contributed by atoms with Crippen LogP contribution in [0.15, 0.2) is 6.07 Å². The van der Waals surface area contributed by atoms with Crippen molar-refractivity contribution in [2.75, 3.05) is 5.73 Å². The van der Waals surface area contributed by atoms with Crippen LogP contribution in [0.2, 0.25) is 0 Å². The fraction of sp³-hybridized carbons (Fsp3) is 0.417. The van der Waals surface area contributed by atoms with E-state index in [-0.39, 0.29) is 5.97 Å². The Bertz CT molecular complexity index is 397. The second-order valence-electron chi connectivity index (χ2n) is 3.71. The molecule has 0 aromatic heterocycles. The molecule has 0 unspecified atom stereocenters. The number of carbonyl (C=O) groups excluding carboxylic acids is 1. The molecule has 1 rings (SSSR count). The molecule has 0 bridgehead atoms. The lowest BCUT2D eigenvalue weighted by Gasteiger charge is -2.13. The summed E-state index contributed by atoms with van der Waals surface area (Å²) in [5.74, 6) is 0.370. The monoisotopic (exact) mass is 207 g/mol. The first-order chi connectivity index (χ1) is 6.97. The summed E-state index contributed by atoms with van der Waals surface area (Å²) in [7, 11) is 0. The van der Waals surface area contributed by atoms with Gasteiger partial charge in [0.25, 0.3) is 0 Å². The van der Waals surface area contributed by atoms with Crippen LogP contribution >= 0.6 is 0 Å². The van der Waals surface area contributed by atoms with Gasteiger partial charge in [0.05, 0.1) is 0 Å². The Labute approximate surface area is 90.2 Å². The molecule has 0 amide bonds. The second-order valence-corrected chi connectivity index (χ2v) is 3.71. The van der Waals surface area contributed by atoms with Crippen LogP contribution in [0.1, 0.15) is 30.0 Å². The van der Waals surface area contributed by atoms with Gasteiger partial charge in [-0.05, 0) is 31.9 Å².